The van der Waals surface area contributed by atoms with E-state index in [1.165, 1.54) is 24.3 Å². The summed E-state index contributed by atoms with van der Waals surface area (Å²) in [4.78, 5) is 39.8. The van der Waals surface area contributed by atoms with Crippen molar-refractivity contribution < 1.29 is 18.8 Å². The highest BCUT2D eigenvalue weighted by atomic mass is 19.1. The Bertz CT molecular complexity index is 669. The molecular formula is C18H22FN3O3. The molecule has 134 valence electrons. The van der Waals surface area contributed by atoms with Gasteiger partial charge < -0.3 is 10.2 Å². The summed E-state index contributed by atoms with van der Waals surface area (Å²) < 4.78 is 13.0. The minimum Gasteiger partial charge on any atom is -0.343 e. The van der Waals surface area contributed by atoms with E-state index >= 15 is 0 Å². The van der Waals surface area contributed by atoms with Crippen molar-refractivity contribution in [3.8, 4) is 0 Å². The average molecular weight is 347 g/mol. The highest BCUT2D eigenvalue weighted by Crippen LogP contribution is 2.23. The molecule has 1 N–H and O–H groups in total. The third kappa shape index (κ3) is 3.65. The van der Waals surface area contributed by atoms with Gasteiger partial charge in [0.2, 0.25) is 5.91 Å². The normalized spacial score (nSPS) is 21.6. The average Bonchev–Trinajstić information content (AvgIpc) is 2.89. The maximum absolute atomic E-state index is 13.0. The third-order valence-corrected chi connectivity index (χ3v) is 5.03. The quantitative estimate of drug-likeness (QED) is 0.850. The van der Waals surface area contributed by atoms with E-state index in [0.717, 1.165) is 24.2 Å². The first-order valence-corrected chi connectivity index (χ1v) is 8.67. The Hall–Kier alpha value is -2.44. The molecule has 0 bridgehead atoms. The molecule has 7 heteroatoms. The van der Waals surface area contributed by atoms with Gasteiger partial charge in [0.25, 0.3) is 5.91 Å². The van der Waals surface area contributed by atoms with Crippen molar-refractivity contribution in [3.63, 3.8) is 0 Å². The molecule has 2 heterocycles. The molecule has 2 fully saturated rings. The molecule has 2 aliphatic rings. The summed E-state index contributed by atoms with van der Waals surface area (Å²) in [7, 11) is 0. The number of carbonyl (C=O) groups excluding carboxylic acids is 3. The van der Waals surface area contributed by atoms with Gasteiger partial charge in [-0.2, -0.15) is 0 Å². The van der Waals surface area contributed by atoms with E-state index in [1.807, 2.05) is 0 Å². The number of benzene rings is 1. The minimum absolute atomic E-state index is 0.0426. The molecule has 3 rings (SSSR count). The summed E-state index contributed by atoms with van der Waals surface area (Å²) in [6.07, 6.45) is 3.04. The van der Waals surface area contributed by atoms with Crippen molar-refractivity contribution >= 4 is 23.5 Å². The number of nitrogens with zero attached hydrogens (tertiary/aromatic N) is 2. The summed E-state index contributed by atoms with van der Waals surface area (Å²) in [5.41, 5.74) is 0.294. The summed E-state index contributed by atoms with van der Waals surface area (Å²) >= 11 is 0. The van der Waals surface area contributed by atoms with Crippen LogP contribution in [0, 0.1) is 11.7 Å². The lowest BCUT2D eigenvalue weighted by Gasteiger charge is -2.32. The molecule has 0 aliphatic carbocycles. The number of hydrogen-bond acceptors (Lipinski definition) is 3. The first-order chi connectivity index (χ1) is 12.0. The number of rotatable bonds is 4. The SMILES string of the molecule is CCC1CCN(C(=O)C[C@H]2NC(=O)N(c3ccc(F)cc3)C2=O)CC1. The summed E-state index contributed by atoms with van der Waals surface area (Å²) in [6.45, 7) is 3.56. The van der Waals surface area contributed by atoms with E-state index in [9.17, 15) is 18.8 Å². The number of likely N-dealkylation sites (tertiary alicyclic amines) is 1. The molecule has 0 radical (unpaired) electrons. The van der Waals surface area contributed by atoms with Crippen molar-refractivity contribution in [2.45, 2.75) is 38.6 Å². The standard InChI is InChI=1S/C18H22FN3O3/c1-2-12-7-9-21(10-8-12)16(23)11-15-17(24)22(18(25)20-15)14-5-3-13(19)4-6-14/h3-6,12,15H,2,7-11H2,1H3,(H,20,25)/t15-/m1/s1. The second kappa shape index (κ2) is 7.21. The van der Waals surface area contributed by atoms with Gasteiger partial charge in [0, 0.05) is 13.1 Å². The van der Waals surface area contributed by atoms with Gasteiger partial charge in [-0.3, -0.25) is 9.59 Å². The van der Waals surface area contributed by atoms with Crippen LogP contribution in [-0.4, -0.2) is 41.9 Å². The number of anilines is 1. The topological polar surface area (TPSA) is 69.7 Å². The smallest absolute Gasteiger partial charge is 0.329 e. The Balaban J connectivity index is 1.62. The van der Waals surface area contributed by atoms with Crippen LogP contribution in [0.3, 0.4) is 0 Å². The van der Waals surface area contributed by atoms with E-state index < -0.39 is 23.8 Å². The predicted octanol–water partition coefficient (Wildman–Crippen LogP) is 2.29. The maximum Gasteiger partial charge on any atom is 0.329 e. The highest BCUT2D eigenvalue weighted by Gasteiger charge is 2.40. The van der Waals surface area contributed by atoms with E-state index in [1.54, 1.807) is 4.90 Å². The van der Waals surface area contributed by atoms with Crippen molar-refractivity contribution in [2.75, 3.05) is 18.0 Å². The number of urea groups is 1. The van der Waals surface area contributed by atoms with Crippen LogP contribution in [0.5, 0.6) is 0 Å². The highest BCUT2D eigenvalue weighted by molar-refractivity contribution is 6.22. The summed E-state index contributed by atoms with van der Waals surface area (Å²) in [6, 6.07) is 3.66. The van der Waals surface area contributed by atoms with Gasteiger partial charge in [0.1, 0.15) is 11.9 Å². The second-order valence-corrected chi connectivity index (χ2v) is 6.59. The fourth-order valence-corrected chi connectivity index (χ4v) is 3.40. The Morgan fingerprint density at radius 1 is 1.20 bits per heavy atom. The zero-order valence-corrected chi connectivity index (χ0v) is 14.2. The van der Waals surface area contributed by atoms with Crippen LogP contribution in [0.4, 0.5) is 14.9 Å². The van der Waals surface area contributed by atoms with Gasteiger partial charge in [0.05, 0.1) is 12.1 Å². The number of hydrogen-bond donors (Lipinski definition) is 1. The van der Waals surface area contributed by atoms with E-state index in [2.05, 4.69) is 12.2 Å². The fraction of sp³-hybridized carbons (Fsp3) is 0.500. The number of piperidine rings is 1. The molecule has 0 unspecified atom stereocenters. The number of carbonyl (C=O) groups is 3. The number of halogens is 1. The van der Waals surface area contributed by atoms with Crippen molar-refractivity contribution in [2.24, 2.45) is 5.92 Å². The van der Waals surface area contributed by atoms with Gasteiger partial charge >= 0.3 is 6.03 Å². The van der Waals surface area contributed by atoms with Crippen LogP contribution >= 0.6 is 0 Å². The zero-order valence-electron chi connectivity index (χ0n) is 14.2. The molecule has 0 saturated carbocycles. The molecule has 2 saturated heterocycles. The Morgan fingerprint density at radius 2 is 1.84 bits per heavy atom. The van der Waals surface area contributed by atoms with E-state index in [4.69, 9.17) is 0 Å². The number of nitrogens with one attached hydrogen (secondary N) is 1. The van der Waals surface area contributed by atoms with Crippen molar-refractivity contribution in [1.29, 1.82) is 0 Å². The lowest BCUT2D eigenvalue weighted by molar-refractivity contribution is -0.134. The molecular weight excluding hydrogens is 325 g/mol. The molecule has 25 heavy (non-hydrogen) atoms. The van der Waals surface area contributed by atoms with Crippen molar-refractivity contribution in [3.05, 3.63) is 30.1 Å². The monoisotopic (exact) mass is 347 g/mol. The molecule has 1 aromatic carbocycles. The van der Waals surface area contributed by atoms with Crippen LogP contribution in [0.25, 0.3) is 0 Å². The lowest BCUT2D eigenvalue weighted by Crippen LogP contribution is -2.42. The third-order valence-electron chi connectivity index (χ3n) is 5.03. The van der Waals surface area contributed by atoms with Gasteiger partial charge in [0.15, 0.2) is 0 Å². The van der Waals surface area contributed by atoms with Crippen LogP contribution in [0.15, 0.2) is 24.3 Å². The first-order valence-electron chi connectivity index (χ1n) is 8.67. The van der Waals surface area contributed by atoms with Gasteiger partial charge in [-0.25, -0.2) is 14.1 Å². The van der Waals surface area contributed by atoms with Crippen LogP contribution in [0.1, 0.15) is 32.6 Å². The van der Waals surface area contributed by atoms with Crippen LogP contribution < -0.4 is 10.2 Å². The predicted molar refractivity (Wildman–Crippen MR) is 90.4 cm³/mol. The van der Waals surface area contributed by atoms with E-state index in [-0.39, 0.29) is 12.3 Å². The first kappa shape index (κ1) is 17.4. The zero-order chi connectivity index (χ0) is 18.0. The molecule has 1 aromatic rings. The second-order valence-electron chi connectivity index (χ2n) is 6.59. The number of imide groups is 1. The van der Waals surface area contributed by atoms with Gasteiger partial charge in [-0.15, -0.1) is 0 Å². The minimum atomic E-state index is -0.867. The van der Waals surface area contributed by atoms with Crippen LogP contribution in [0.2, 0.25) is 0 Å². The molecule has 6 nitrogen and oxygen atoms in total. The van der Waals surface area contributed by atoms with Crippen molar-refractivity contribution in [1.82, 2.24) is 10.2 Å². The molecule has 2 aliphatic heterocycles. The Kier molecular flexibility index (Phi) is 5.01. The summed E-state index contributed by atoms with van der Waals surface area (Å²) in [5.74, 6) is -0.383. The maximum atomic E-state index is 13.0. The number of amides is 4. The molecule has 4 amide bonds. The molecule has 0 spiro atoms. The largest absolute Gasteiger partial charge is 0.343 e. The van der Waals surface area contributed by atoms with Gasteiger partial charge in [-0.1, -0.05) is 13.3 Å². The Morgan fingerprint density at radius 3 is 2.44 bits per heavy atom. The molecule has 0 aromatic heterocycles. The Labute approximate surface area is 146 Å². The fourth-order valence-electron chi connectivity index (χ4n) is 3.40. The van der Waals surface area contributed by atoms with Crippen LogP contribution in [-0.2, 0) is 9.59 Å². The lowest BCUT2D eigenvalue weighted by atomic mass is 9.94. The van der Waals surface area contributed by atoms with E-state index in [0.29, 0.717) is 24.7 Å². The molecule has 1 atom stereocenters. The van der Waals surface area contributed by atoms with Gasteiger partial charge in [-0.05, 0) is 43.0 Å². The summed E-state index contributed by atoms with van der Waals surface area (Å²) in [5, 5.41) is 2.55.